The zero-order chi connectivity index (χ0) is 22.7. The zero-order valence-electron chi connectivity index (χ0n) is 18.0. The standard InChI is InChI=1S/C23H24N4O4S/c1-14-19(22-25-21(26-31-22)15-7-5-4-6-8-15)20(24-23(32)27(14)11-12-29-2)16-9-10-18(30-3)17(28)13-16/h4-10,13,20,28H,11-12H2,1-3H3,(H,24,32). The second-order valence-corrected chi connectivity index (χ2v) is 7.63. The SMILES string of the molecule is COCCN1C(=S)NC(c2ccc(OC)c(O)c2)C(c2nc(-c3ccccc3)no2)=C1C. The van der Waals surface area contributed by atoms with Gasteiger partial charge in [-0.15, -0.1) is 0 Å². The number of nitrogens with one attached hydrogen (secondary N) is 1. The summed E-state index contributed by atoms with van der Waals surface area (Å²) < 4.78 is 16.1. The van der Waals surface area contributed by atoms with E-state index >= 15 is 0 Å². The summed E-state index contributed by atoms with van der Waals surface area (Å²) in [6.07, 6.45) is 0. The Labute approximate surface area is 191 Å². The van der Waals surface area contributed by atoms with Crippen molar-refractivity contribution in [2.24, 2.45) is 0 Å². The molecule has 0 radical (unpaired) electrons. The minimum atomic E-state index is -0.401. The minimum Gasteiger partial charge on any atom is -0.504 e. The van der Waals surface area contributed by atoms with Gasteiger partial charge in [-0.3, -0.25) is 0 Å². The Morgan fingerprint density at radius 1 is 1.19 bits per heavy atom. The van der Waals surface area contributed by atoms with Crippen LogP contribution in [-0.4, -0.2) is 52.6 Å². The van der Waals surface area contributed by atoms with Gasteiger partial charge in [-0.05, 0) is 36.8 Å². The molecule has 0 aliphatic carbocycles. The summed E-state index contributed by atoms with van der Waals surface area (Å²) in [6, 6.07) is 14.4. The van der Waals surface area contributed by atoms with Crippen molar-refractivity contribution in [2.45, 2.75) is 13.0 Å². The molecule has 0 amide bonds. The smallest absolute Gasteiger partial charge is 0.258 e. The maximum atomic E-state index is 10.4. The van der Waals surface area contributed by atoms with Crippen LogP contribution in [0.25, 0.3) is 17.0 Å². The van der Waals surface area contributed by atoms with E-state index in [0.29, 0.717) is 35.7 Å². The average Bonchev–Trinajstić information content (AvgIpc) is 3.29. The lowest BCUT2D eigenvalue weighted by Gasteiger charge is -2.37. The number of aromatic hydroxyl groups is 1. The van der Waals surface area contributed by atoms with Crippen LogP contribution in [0.1, 0.15) is 24.4 Å². The molecule has 166 valence electrons. The highest BCUT2D eigenvalue weighted by Crippen LogP contribution is 2.39. The number of allylic oxidation sites excluding steroid dienone is 1. The molecule has 8 nitrogen and oxygen atoms in total. The Hall–Kier alpha value is -3.43. The van der Waals surface area contributed by atoms with Crippen molar-refractivity contribution in [3.63, 3.8) is 0 Å². The van der Waals surface area contributed by atoms with Crippen molar-refractivity contribution in [3.8, 4) is 22.9 Å². The number of nitrogens with zero attached hydrogens (tertiary/aromatic N) is 3. The molecule has 1 aliphatic heterocycles. The Morgan fingerprint density at radius 3 is 2.66 bits per heavy atom. The van der Waals surface area contributed by atoms with E-state index in [1.54, 1.807) is 19.2 Å². The van der Waals surface area contributed by atoms with Gasteiger partial charge in [0, 0.05) is 24.9 Å². The first-order chi connectivity index (χ1) is 15.5. The molecule has 1 atom stereocenters. The van der Waals surface area contributed by atoms with Gasteiger partial charge in [-0.2, -0.15) is 4.98 Å². The van der Waals surface area contributed by atoms with Crippen LogP contribution in [0.5, 0.6) is 11.5 Å². The third kappa shape index (κ3) is 4.17. The summed E-state index contributed by atoms with van der Waals surface area (Å²) in [7, 11) is 3.16. The summed E-state index contributed by atoms with van der Waals surface area (Å²) in [5.74, 6) is 1.29. The molecule has 0 bridgehead atoms. The van der Waals surface area contributed by atoms with Crippen molar-refractivity contribution >= 4 is 22.9 Å². The third-order valence-corrected chi connectivity index (χ3v) is 5.68. The lowest BCUT2D eigenvalue weighted by Crippen LogP contribution is -2.47. The van der Waals surface area contributed by atoms with Crippen LogP contribution in [0.15, 0.2) is 58.8 Å². The summed E-state index contributed by atoms with van der Waals surface area (Å²) in [4.78, 5) is 6.61. The van der Waals surface area contributed by atoms with Crippen LogP contribution in [-0.2, 0) is 4.74 Å². The fraction of sp³-hybridized carbons (Fsp3) is 0.261. The molecule has 0 fully saturated rings. The van der Waals surface area contributed by atoms with Crippen molar-refractivity contribution in [1.29, 1.82) is 0 Å². The summed E-state index contributed by atoms with van der Waals surface area (Å²) >= 11 is 5.63. The molecule has 32 heavy (non-hydrogen) atoms. The fourth-order valence-corrected chi connectivity index (χ4v) is 4.03. The van der Waals surface area contributed by atoms with Gasteiger partial charge in [0.1, 0.15) is 0 Å². The average molecular weight is 453 g/mol. The molecular formula is C23H24N4O4S. The van der Waals surface area contributed by atoms with E-state index in [2.05, 4.69) is 15.5 Å². The molecule has 4 rings (SSSR count). The summed E-state index contributed by atoms with van der Waals surface area (Å²) in [5.41, 5.74) is 3.28. The van der Waals surface area contributed by atoms with E-state index in [1.807, 2.05) is 48.2 Å². The monoisotopic (exact) mass is 452 g/mol. The number of methoxy groups -OCH3 is 2. The van der Waals surface area contributed by atoms with E-state index in [9.17, 15) is 5.11 Å². The van der Waals surface area contributed by atoms with Crippen LogP contribution >= 0.6 is 12.2 Å². The molecule has 2 N–H and O–H groups in total. The van der Waals surface area contributed by atoms with E-state index in [-0.39, 0.29) is 5.75 Å². The molecule has 3 aromatic rings. The van der Waals surface area contributed by atoms with Gasteiger partial charge in [0.25, 0.3) is 5.89 Å². The molecule has 0 spiro atoms. The van der Waals surface area contributed by atoms with E-state index in [4.69, 9.17) is 26.2 Å². The van der Waals surface area contributed by atoms with Crippen LogP contribution in [0.2, 0.25) is 0 Å². The van der Waals surface area contributed by atoms with E-state index in [1.165, 1.54) is 7.11 Å². The van der Waals surface area contributed by atoms with Crippen molar-refractivity contribution in [3.05, 3.63) is 65.7 Å². The minimum absolute atomic E-state index is 0.0343. The Balaban J connectivity index is 1.81. The lowest BCUT2D eigenvalue weighted by molar-refractivity contribution is 0.183. The molecular weight excluding hydrogens is 428 g/mol. The first-order valence-corrected chi connectivity index (χ1v) is 10.5. The van der Waals surface area contributed by atoms with Crippen LogP contribution in [0.3, 0.4) is 0 Å². The second-order valence-electron chi connectivity index (χ2n) is 7.25. The molecule has 1 aromatic heterocycles. The number of thiocarbonyl (C=S) groups is 1. The van der Waals surface area contributed by atoms with Crippen LogP contribution < -0.4 is 10.1 Å². The predicted octanol–water partition coefficient (Wildman–Crippen LogP) is 3.76. The molecule has 2 heterocycles. The molecule has 1 unspecified atom stereocenters. The number of hydrogen-bond donors (Lipinski definition) is 2. The van der Waals surface area contributed by atoms with Gasteiger partial charge < -0.3 is 29.3 Å². The molecule has 0 saturated heterocycles. The number of hydrogen-bond acceptors (Lipinski definition) is 7. The number of rotatable bonds is 7. The largest absolute Gasteiger partial charge is 0.504 e. The Bertz CT molecular complexity index is 1150. The summed E-state index contributed by atoms with van der Waals surface area (Å²) in [5, 5.41) is 18.4. The number of aromatic nitrogens is 2. The van der Waals surface area contributed by atoms with Crippen molar-refractivity contribution in [1.82, 2.24) is 20.4 Å². The highest BCUT2D eigenvalue weighted by molar-refractivity contribution is 7.80. The van der Waals surface area contributed by atoms with Gasteiger partial charge >= 0.3 is 0 Å². The quantitative estimate of drug-likeness (QED) is 0.520. The molecule has 1 aliphatic rings. The Morgan fingerprint density at radius 2 is 1.97 bits per heavy atom. The number of ether oxygens (including phenoxy) is 2. The fourth-order valence-electron chi connectivity index (χ4n) is 3.68. The van der Waals surface area contributed by atoms with Crippen LogP contribution in [0.4, 0.5) is 0 Å². The molecule has 9 heteroatoms. The first kappa shape index (κ1) is 21.8. The maximum absolute atomic E-state index is 10.4. The zero-order valence-corrected chi connectivity index (χ0v) is 18.8. The van der Waals surface area contributed by atoms with Crippen molar-refractivity contribution in [2.75, 3.05) is 27.4 Å². The number of phenolic OH excluding ortho intramolecular Hbond substituents is 1. The van der Waals surface area contributed by atoms with Crippen LogP contribution in [0, 0.1) is 0 Å². The predicted molar refractivity (Wildman–Crippen MR) is 124 cm³/mol. The van der Waals surface area contributed by atoms with Gasteiger partial charge in [0.15, 0.2) is 16.6 Å². The van der Waals surface area contributed by atoms with E-state index < -0.39 is 6.04 Å². The van der Waals surface area contributed by atoms with E-state index in [0.717, 1.165) is 22.4 Å². The number of benzene rings is 2. The third-order valence-electron chi connectivity index (χ3n) is 5.34. The van der Waals surface area contributed by atoms with Gasteiger partial charge in [-0.1, -0.05) is 41.6 Å². The summed E-state index contributed by atoms with van der Waals surface area (Å²) in [6.45, 7) is 3.03. The molecule has 2 aromatic carbocycles. The van der Waals surface area contributed by atoms with Crippen molar-refractivity contribution < 1.29 is 19.1 Å². The maximum Gasteiger partial charge on any atom is 0.258 e. The lowest BCUT2D eigenvalue weighted by atomic mass is 9.94. The normalized spacial score (nSPS) is 16.3. The Kier molecular flexibility index (Phi) is 6.38. The topological polar surface area (TPSA) is 92.9 Å². The van der Waals surface area contributed by atoms with Gasteiger partial charge in [0.05, 0.1) is 25.3 Å². The number of phenols is 1. The second kappa shape index (κ2) is 9.37. The molecule has 0 saturated carbocycles. The highest BCUT2D eigenvalue weighted by Gasteiger charge is 2.34. The highest BCUT2D eigenvalue weighted by atomic mass is 32.1. The van der Waals surface area contributed by atoms with Gasteiger partial charge in [-0.25, -0.2) is 0 Å². The van der Waals surface area contributed by atoms with Gasteiger partial charge in [0.2, 0.25) is 5.82 Å². The first-order valence-electron chi connectivity index (χ1n) is 10.1.